The fourth-order valence-corrected chi connectivity index (χ4v) is 5.01. The molecule has 2 amide bonds. The number of piperidine rings is 1. The molecular weight excluding hydrogens is 324 g/mol. The molecule has 3 rings (SSSR count). The summed E-state index contributed by atoms with van der Waals surface area (Å²) in [5.74, 6) is 0.304. The van der Waals surface area contributed by atoms with E-state index in [0.29, 0.717) is 13.0 Å². The molecule has 2 fully saturated rings. The zero-order valence-corrected chi connectivity index (χ0v) is 16.7. The minimum atomic E-state index is -0.572. The van der Waals surface area contributed by atoms with Gasteiger partial charge in [-0.2, -0.15) is 0 Å². The Morgan fingerprint density at radius 2 is 1.69 bits per heavy atom. The van der Waals surface area contributed by atoms with Crippen molar-refractivity contribution >= 4 is 11.8 Å². The summed E-state index contributed by atoms with van der Waals surface area (Å²) in [6.45, 7) is 10.7. The van der Waals surface area contributed by atoms with Crippen LogP contribution in [0.1, 0.15) is 61.3 Å². The van der Waals surface area contributed by atoms with Gasteiger partial charge in [-0.25, -0.2) is 0 Å². The molecule has 0 aliphatic carbocycles. The number of hydrogen-bond donors (Lipinski definition) is 0. The van der Waals surface area contributed by atoms with Gasteiger partial charge in [-0.05, 0) is 69.6 Å². The maximum absolute atomic E-state index is 13.2. The fourth-order valence-electron chi connectivity index (χ4n) is 5.01. The molecule has 26 heavy (non-hydrogen) atoms. The fraction of sp³-hybridized carbons (Fsp3) is 0.636. The van der Waals surface area contributed by atoms with Crippen LogP contribution in [0.25, 0.3) is 0 Å². The van der Waals surface area contributed by atoms with E-state index in [1.54, 1.807) is 0 Å². The molecule has 4 nitrogen and oxygen atoms in total. The van der Waals surface area contributed by atoms with Crippen molar-refractivity contribution in [2.24, 2.45) is 0 Å². The first-order valence-corrected chi connectivity index (χ1v) is 10.1. The largest absolute Gasteiger partial charge is 0.341 e. The molecule has 2 saturated heterocycles. The summed E-state index contributed by atoms with van der Waals surface area (Å²) < 4.78 is 0. The second-order valence-electron chi connectivity index (χ2n) is 8.13. The Hall–Kier alpha value is -1.84. The highest BCUT2D eigenvalue weighted by Gasteiger charge is 2.52. The number of likely N-dealkylation sites (tertiary alicyclic amines) is 2. The van der Waals surface area contributed by atoms with Gasteiger partial charge in [-0.1, -0.05) is 24.6 Å². The molecule has 0 bridgehead atoms. The quantitative estimate of drug-likeness (QED) is 0.828. The third-order valence-corrected chi connectivity index (χ3v) is 6.16. The molecule has 1 spiro atoms. The van der Waals surface area contributed by atoms with Crippen LogP contribution in [0.15, 0.2) is 12.1 Å². The van der Waals surface area contributed by atoms with Crippen LogP contribution >= 0.6 is 0 Å². The molecule has 0 saturated carbocycles. The van der Waals surface area contributed by atoms with Crippen LogP contribution in [0.2, 0.25) is 0 Å². The lowest BCUT2D eigenvalue weighted by atomic mass is 9.84. The molecule has 2 aliphatic heterocycles. The Kier molecular flexibility index (Phi) is 5.40. The lowest BCUT2D eigenvalue weighted by Crippen LogP contribution is -2.61. The maximum Gasteiger partial charge on any atom is 0.248 e. The normalized spacial score (nSPS) is 23.2. The number of carbonyl (C=O) groups is 2. The van der Waals surface area contributed by atoms with Gasteiger partial charge in [-0.3, -0.25) is 9.59 Å². The molecule has 2 heterocycles. The van der Waals surface area contributed by atoms with Crippen molar-refractivity contribution in [2.75, 3.05) is 19.6 Å². The zero-order valence-electron chi connectivity index (χ0n) is 16.7. The third kappa shape index (κ3) is 3.26. The average molecular weight is 357 g/mol. The number of aryl methyl sites for hydroxylation is 3. The van der Waals surface area contributed by atoms with Gasteiger partial charge in [-0.15, -0.1) is 0 Å². The van der Waals surface area contributed by atoms with Gasteiger partial charge in [0.15, 0.2) is 0 Å². The van der Waals surface area contributed by atoms with E-state index in [0.717, 1.165) is 50.8 Å². The SMILES string of the molecule is CCCN1CCCC2(CCCN2C(=O)Cc2c(C)cc(C)cc2C)C1=O. The highest BCUT2D eigenvalue weighted by molar-refractivity contribution is 5.93. The molecule has 0 N–H and O–H groups in total. The number of carbonyl (C=O) groups excluding carboxylic acids is 2. The molecule has 142 valence electrons. The molecule has 0 aromatic heterocycles. The average Bonchev–Trinajstić information content (AvgIpc) is 3.00. The summed E-state index contributed by atoms with van der Waals surface area (Å²) in [6, 6.07) is 4.29. The molecule has 4 heteroatoms. The molecule has 2 aliphatic rings. The molecule has 1 aromatic carbocycles. The van der Waals surface area contributed by atoms with E-state index in [1.165, 1.54) is 16.7 Å². The first-order valence-electron chi connectivity index (χ1n) is 10.1. The number of hydrogen-bond acceptors (Lipinski definition) is 2. The summed E-state index contributed by atoms with van der Waals surface area (Å²) in [6.07, 6.45) is 4.95. The van der Waals surface area contributed by atoms with Gasteiger partial charge >= 0.3 is 0 Å². The van der Waals surface area contributed by atoms with Gasteiger partial charge in [0.1, 0.15) is 5.54 Å². The minimum absolute atomic E-state index is 0.115. The predicted molar refractivity (Wildman–Crippen MR) is 104 cm³/mol. The predicted octanol–water partition coefficient (Wildman–Crippen LogP) is 3.55. The third-order valence-electron chi connectivity index (χ3n) is 6.16. The van der Waals surface area contributed by atoms with Crippen LogP contribution < -0.4 is 0 Å². The van der Waals surface area contributed by atoms with Crippen molar-refractivity contribution < 1.29 is 9.59 Å². The smallest absolute Gasteiger partial charge is 0.248 e. The van der Waals surface area contributed by atoms with E-state index in [9.17, 15) is 9.59 Å². The van der Waals surface area contributed by atoms with E-state index < -0.39 is 5.54 Å². The second kappa shape index (κ2) is 7.42. The van der Waals surface area contributed by atoms with Crippen LogP contribution in [-0.2, 0) is 16.0 Å². The van der Waals surface area contributed by atoms with Crippen molar-refractivity contribution in [1.29, 1.82) is 0 Å². The van der Waals surface area contributed by atoms with Crippen LogP contribution in [0.4, 0.5) is 0 Å². The van der Waals surface area contributed by atoms with Crippen LogP contribution in [0.3, 0.4) is 0 Å². The number of benzene rings is 1. The van der Waals surface area contributed by atoms with Gasteiger partial charge in [0.05, 0.1) is 6.42 Å². The summed E-state index contributed by atoms with van der Waals surface area (Å²) in [7, 11) is 0. The van der Waals surface area contributed by atoms with Crippen molar-refractivity contribution in [1.82, 2.24) is 9.80 Å². The van der Waals surface area contributed by atoms with Crippen LogP contribution in [0, 0.1) is 20.8 Å². The van der Waals surface area contributed by atoms with E-state index in [1.807, 2.05) is 9.80 Å². The van der Waals surface area contributed by atoms with Crippen molar-refractivity contribution in [3.63, 3.8) is 0 Å². The lowest BCUT2D eigenvalue weighted by Gasteiger charge is -2.44. The Morgan fingerprint density at radius 1 is 1.08 bits per heavy atom. The number of nitrogens with zero attached hydrogens (tertiary/aromatic N) is 2. The Labute approximate surface area is 157 Å². The monoisotopic (exact) mass is 356 g/mol. The lowest BCUT2D eigenvalue weighted by molar-refractivity contribution is -0.155. The van der Waals surface area contributed by atoms with Crippen LogP contribution in [0.5, 0.6) is 0 Å². The topological polar surface area (TPSA) is 40.6 Å². The van der Waals surface area contributed by atoms with Gasteiger partial charge in [0, 0.05) is 19.6 Å². The van der Waals surface area contributed by atoms with Crippen molar-refractivity contribution in [2.45, 2.75) is 71.8 Å². The number of amides is 2. The number of rotatable bonds is 4. The first-order chi connectivity index (χ1) is 12.4. The van der Waals surface area contributed by atoms with E-state index >= 15 is 0 Å². The van der Waals surface area contributed by atoms with Crippen molar-refractivity contribution in [3.8, 4) is 0 Å². The zero-order chi connectivity index (χ0) is 18.9. The standard InChI is InChI=1S/C22H32N2O2/c1-5-10-23-11-6-8-22(21(23)26)9-7-12-24(22)20(25)15-19-17(3)13-16(2)14-18(19)4/h13-14H,5-12,15H2,1-4H3. The summed E-state index contributed by atoms with van der Waals surface area (Å²) >= 11 is 0. The Morgan fingerprint density at radius 3 is 2.31 bits per heavy atom. The summed E-state index contributed by atoms with van der Waals surface area (Å²) in [4.78, 5) is 30.4. The molecule has 1 aromatic rings. The highest BCUT2D eigenvalue weighted by atomic mass is 16.2. The van der Waals surface area contributed by atoms with E-state index in [4.69, 9.17) is 0 Å². The van der Waals surface area contributed by atoms with Gasteiger partial charge in [0.2, 0.25) is 11.8 Å². The van der Waals surface area contributed by atoms with E-state index in [2.05, 4.69) is 39.8 Å². The Bertz CT molecular complexity index is 687. The summed E-state index contributed by atoms with van der Waals surface area (Å²) in [5.41, 5.74) is 4.12. The molecule has 0 radical (unpaired) electrons. The Balaban J connectivity index is 1.84. The van der Waals surface area contributed by atoms with E-state index in [-0.39, 0.29) is 11.8 Å². The second-order valence-corrected chi connectivity index (χ2v) is 8.13. The minimum Gasteiger partial charge on any atom is -0.341 e. The molecular formula is C22H32N2O2. The molecule has 1 atom stereocenters. The van der Waals surface area contributed by atoms with Crippen LogP contribution in [-0.4, -0.2) is 46.8 Å². The highest BCUT2D eigenvalue weighted by Crippen LogP contribution is 2.39. The maximum atomic E-state index is 13.2. The van der Waals surface area contributed by atoms with Crippen molar-refractivity contribution in [3.05, 3.63) is 34.4 Å². The first kappa shape index (κ1) is 18.9. The molecule has 1 unspecified atom stereocenters. The van der Waals surface area contributed by atoms with Gasteiger partial charge < -0.3 is 9.80 Å². The van der Waals surface area contributed by atoms with Gasteiger partial charge in [0.25, 0.3) is 0 Å². The summed E-state index contributed by atoms with van der Waals surface area (Å²) in [5, 5.41) is 0.